The predicted octanol–water partition coefficient (Wildman–Crippen LogP) is 2.56. The highest BCUT2D eigenvalue weighted by atomic mass is 15.2. The molecule has 1 aliphatic carbocycles. The zero-order valence-electron chi connectivity index (χ0n) is 12.4. The molecule has 1 aliphatic rings. The molecule has 0 bridgehead atoms. The Balaban J connectivity index is 2.11. The van der Waals surface area contributed by atoms with Crippen LogP contribution in [-0.4, -0.2) is 34.1 Å². The van der Waals surface area contributed by atoms with Crippen molar-refractivity contribution in [2.45, 2.75) is 64.1 Å². The summed E-state index contributed by atoms with van der Waals surface area (Å²) in [6, 6.07) is 0.990. The molecule has 2 N–H and O–H groups in total. The summed E-state index contributed by atoms with van der Waals surface area (Å²) in [5.74, 6) is 0. The van der Waals surface area contributed by atoms with E-state index < -0.39 is 0 Å². The van der Waals surface area contributed by atoms with Crippen LogP contribution in [0.3, 0.4) is 0 Å². The number of nitrogens with zero attached hydrogens (tertiary/aromatic N) is 3. The van der Waals surface area contributed by atoms with E-state index in [1.54, 1.807) is 0 Å². The Labute approximate surface area is 117 Å². The van der Waals surface area contributed by atoms with Crippen molar-refractivity contribution in [2.24, 2.45) is 5.73 Å². The lowest BCUT2D eigenvalue weighted by Crippen LogP contribution is -2.40. The Bertz CT molecular complexity index is 368. The van der Waals surface area contributed by atoms with Gasteiger partial charge in [-0.05, 0) is 26.3 Å². The smallest absolute Gasteiger partial charge is 0.0948 e. The largest absolute Gasteiger partial charge is 0.333 e. The maximum atomic E-state index is 6.05. The van der Waals surface area contributed by atoms with Gasteiger partial charge < -0.3 is 10.3 Å². The molecule has 108 valence electrons. The molecular weight excluding hydrogens is 236 g/mol. The molecule has 1 atom stereocenters. The van der Waals surface area contributed by atoms with Crippen LogP contribution in [0.25, 0.3) is 0 Å². The second-order valence-electron chi connectivity index (χ2n) is 5.72. The van der Waals surface area contributed by atoms with E-state index in [0.717, 1.165) is 13.0 Å². The van der Waals surface area contributed by atoms with Crippen molar-refractivity contribution in [3.8, 4) is 0 Å². The van der Waals surface area contributed by atoms with Crippen molar-refractivity contribution in [3.63, 3.8) is 0 Å². The van der Waals surface area contributed by atoms with Gasteiger partial charge in [0.15, 0.2) is 0 Å². The average molecular weight is 264 g/mol. The van der Waals surface area contributed by atoms with Gasteiger partial charge >= 0.3 is 0 Å². The molecule has 0 saturated heterocycles. The first kappa shape index (κ1) is 14.5. The van der Waals surface area contributed by atoms with Crippen molar-refractivity contribution in [3.05, 3.63) is 18.2 Å². The second-order valence-corrected chi connectivity index (χ2v) is 5.72. The van der Waals surface area contributed by atoms with E-state index in [4.69, 9.17) is 5.73 Å². The van der Waals surface area contributed by atoms with Crippen LogP contribution in [0.2, 0.25) is 0 Å². The molecule has 1 aromatic rings. The highest BCUT2D eigenvalue weighted by Crippen LogP contribution is 2.28. The third kappa shape index (κ3) is 3.37. The Morgan fingerprint density at radius 1 is 1.42 bits per heavy atom. The molecule has 1 fully saturated rings. The molecule has 0 aliphatic heterocycles. The zero-order valence-corrected chi connectivity index (χ0v) is 12.4. The Morgan fingerprint density at radius 3 is 2.79 bits per heavy atom. The van der Waals surface area contributed by atoms with Crippen molar-refractivity contribution in [1.82, 2.24) is 14.5 Å². The highest BCUT2D eigenvalue weighted by Gasteiger charge is 2.26. The van der Waals surface area contributed by atoms with E-state index in [1.165, 1.54) is 37.8 Å². The normalized spacial score (nSPS) is 18.9. The summed E-state index contributed by atoms with van der Waals surface area (Å²) in [6.07, 6.45) is 11.8. The van der Waals surface area contributed by atoms with Gasteiger partial charge in [-0.15, -0.1) is 0 Å². The topological polar surface area (TPSA) is 47.1 Å². The van der Waals surface area contributed by atoms with E-state index in [0.29, 0.717) is 18.6 Å². The summed E-state index contributed by atoms with van der Waals surface area (Å²) in [7, 11) is 2.23. The molecule has 4 heteroatoms. The molecule has 1 aromatic heterocycles. The molecule has 2 rings (SSSR count). The first-order chi connectivity index (χ1) is 9.27. The van der Waals surface area contributed by atoms with Crippen LogP contribution < -0.4 is 5.73 Å². The number of hydrogen-bond donors (Lipinski definition) is 1. The van der Waals surface area contributed by atoms with Crippen molar-refractivity contribution >= 4 is 0 Å². The van der Waals surface area contributed by atoms with Crippen molar-refractivity contribution in [1.29, 1.82) is 0 Å². The lowest BCUT2D eigenvalue weighted by molar-refractivity contribution is 0.136. The minimum atomic E-state index is 0.303. The van der Waals surface area contributed by atoms with E-state index in [9.17, 15) is 0 Å². The summed E-state index contributed by atoms with van der Waals surface area (Å²) in [5.41, 5.74) is 7.33. The lowest BCUT2D eigenvalue weighted by Gasteiger charge is -2.37. The van der Waals surface area contributed by atoms with Gasteiger partial charge in [0.1, 0.15) is 0 Å². The molecule has 0 radical (unpaired) electrons. The first-order valence-corrected chi connectivity index (χ1v) is 7.70. The maximum Gasteiger partial charge on any atom is 0.0948 e. The van der Waals surface area contributed by atoms with Crippen LogP contribution >= 0.6 is 0 Å². The van der Waals surface area contributed by atoms with E-state index in [-0.39, 0.29) is 0 Å². The van der Waals surface area contributed by atoms with Crippen LogP contribution in [0, 0.1) is 0 Å². The van der Waals surface area contributed by atoms with E-state index >= 15 is 0 Å². The van der Waals surface area contributed by atoms with E-state index in [2.05, 4.69) is 28.4 Å². The minimum Gasteiger partial charge on any atom is -0.333 e. The minimum absolute atomic E-state index is 0.303. The van der Waals surface area contributed by atoms with Gasteiger partial charge in [-0.25, -0.2) is 4.98 Å². The monoisotopic (exact) mass is 264 g/mol. The van der Waals surface area contributed by atoms with Crippen LogP contribution in [0.4, 0.5) is 0 Å². The Morgan fingerprint density at radius 2 is 2.16 bits per heavy atom. The molecule has 1 unspecified atom stereocenters. The molecule has 1 saturated carbocycles. The molecule has 0 amide bonds. The highest BCUT2D eigenvalue weighted by molar-refractivity contribution is 5.07. The first-order valence-electron chi connectivity index (χ1n) is 7.70. The van der Waals surface area contributed by atoms with Crippen LogP contribution in [0.1, 0.15) is 57.2 Å². The molecule has 19 heavy (non-hydrogen) atoms. The second kappa shape index (κ2) is 7.06. The number of likely N-dealkylation sites (N-methyl/N-ethyl adjacent to an activating group) is 1. The zero-order chi connectivity index (χ0) is 13.7. The van der Waals surface area contributed by atoms with Crippen molar-refractivity contribution in [2.75, 3.05) is 13.6 Å². The third-order valence-electron chi connectivity index (χ3n) is 4.42. The summed E-state index contributed by atoms with van der Waals surface area (Å²) in [6.45, 7) is 3.90. The molecule has 0 aromatic carbocycles. The predicted molar refractivity (Wildman–Crippen MR) is 78.9 cm³/mol. The van der Waals surface area contributed by atoms with Crippen molar-refractivity contribution < 1.29 is 0 Å². The number of aryl methyl sites for hydroxylation is 1. The van der Waals surface area contributed by atoms with Gasteiger partial charge in [-0.2, -0.15) is 0 Å². The van der Waals surface area contributed by atoms with Gasteiger partial charge in [0, 0.05) is 25.3 Å². The molecule has 1 heterocycles. The Kier molecular flexibility index (Phi) is 5.40. The van der Waals surface area contributed by atoms with Gasteiger partial charge in [-0.1, -0.05) is 26.2 Å². The van der Waals surface area contributed by atoms with Gasteiger partial charge in [0.25, 0.3) is 0 Å². The molecular formula is C15H28N4. The van der Waals surface area contributed by atoms with Crippen LogP contribution in [-0.2, 0) is 6.54 Å². The standard InChI is InChI=1S/C15H28N4/c1-3-9-19-12-17-11-15(19)14(10-16)18(2)13-7-5-4-6-8-13/h11-14H,3-10,16H2,1-2H3. The Hall–Kier alpha value is -0.870. The fourth-order valence-corrected chi connectivity index (χ4v) is 3.27. The van der Waals surface area contributed by atoms with Gasteiger partial charge in [0.2, 0.25) is 0 Å². The fourth-order valence-electron chi connectivity index (χ4n) is 3.27. The number of aromatic nitrogens is 2. The summed E-state index contributed by atoms with van der Waals surface area (Å²) >= 11 is 0. The third-order valence-corrected chi connectivity index (χ3v) is 4.42. The molecule has 4 nitrogen and oxygen atoms in total. The SMILES string of the molecule is CCCn1cncc1C(CN)N(C)C1CCCCC1. The quantitative estimate of drug-likeness (QED) is 0.859. The summed E-state index contributed by atoms with van der Waals surface area (Å²) in [5, 5.41) is 0. The summed E-state index contributed by atoms with van der Waals surface area (Å²) in [4.78, 5) is 6.81. The van der Waals surface area contributed by atoms with E-state index in [1.807, 2.05) is 12.5 Å². The number of nitrogens with two attached hydrogens (primary N) is 1. The van der Waals surface area contributed by atoms with Crippen LogP contribution in [0.15, 0.2) is 12.5 Å². The summed E-state index contributed by atoms with van der Waals surface area (Å²) < 4.78 is 2.26. The maximum absolute atomic E-state index is 6.05. The number of hydrogen-bond acceptors (Lipinski definition) is 3. The van der Waals surface area contributed by atoms with Gasteiger partial charge in [0.05, 0.1) is 18.1 Å². The van der Waals surface area contributed by atoms with Crippen LogP contribution in [0.5, 0.6) is 0 Å². The lowest BCUT2D eigenvalue weighted by atomic mass is 9.93. The average Bonchev–Trinajstić information content (AvgIpc) is 2.89. The fraction of sp³-hybridized carbons (Fsp3) is 0.800. The number of rotatable bonds is 6. The molecule has 0 spiro atoms. The van der Waals surface area contributed by atoms with Gasteiger partial charge in [-0.3, -0.25) is 4.90 Å². The number of imidazole rings is 1.